The average molecular weight is 457 g/mol. The van der Waals surface area contributed by atoms with E-state index in [0.29, 0.717) is 24.5 Å². The summed E-state index contributed by atoms with van der Waals surface area (Å²) in [5.74, 6) is 0.612. The van der Waals surface area contributed by atoms with E-state index in [1.165, 1.54) is 0 Å². The van der Waals surface area contributed by atoms with Gasteiger partial charge in [0.2, 0.25) is 5.91 Å². The maximum atomic E-state index is 13.5. The Morgan fingerprint density at radius 2 is 1.74 bits per heavy atom. The quantitative estimate of drug-likeness (QED) is 0.452. The van der Waals surface area contributed by atoms with Gasteiger partial charge >= 0.3 is 5.69 Å². The number of benzene rings is 3. The molecular weight excluding hydrogens is 428 g/mol. The van der Waals surface area contributed by atoms with E-state index < -0.39 is 6.04 Å². The van der Waals surface area contributed by atoms with Gasteiger partial charge in [-0.1, -0.05) is 48.5 Å². The lowest BCUT2D eigenvalue weighted by atomic mass is 9.98. The molecule has 1 aliphatic heterocycles. The lowest BCUT2D eigenvalue weighted by molar-refractivity contribution is -0.122. The molecule has 7 heteroatoms. The smallest absolute Gasteiger partial charge is 0.326 e. The van der Waals surface area contributed by atoms with Crippen molar-refractivity contribution in [1.29, 1.82) is 0 Å². The van der Waals surface area contributed by atoms with Crippen molar-refractivity contribution < 1.29 is 9.53 Å². The number of carbonyl (C=O) groups is 1. The number of rotatable bonds is 6. The van der Waals surface area contributed by atoms with Crippen molar-refractivity contribution in [3.05, 3.63) is 94.9 Å². The second-order valence-electron chi connectivity index (χ2n) is 8.62. The van der Waals surface area contributed by atoms with Gasteiger partial charge in [0.15, 0.2) is 0 Å². The molecule has 34 heavy (non-hydrogen) atoms. The summed E-state index contributed by atoms with van der Waals surface area (Å²) >= 11 is 0. The maximum absolute atomic E-state index is 13.5. The molecule has 0 bridgehead atoms. The van der Waals surface area contributed by atoms with E-state index in [0.717, 1.165) is 29.4 Å². The molecular formula is C27H28N4O3. The Labute approximate surface area is 198 Å². The minimum Gasteiger partial charge on any atom is -0.497 e. The van der Waals surface area contributed by atoms with Gasteiger partial charge in [-0.2, -0.15) is 0 Å². The molecule has 0 spiro atoms. The molecule has 2 heterocycles. The number of aromatic amines is 1. The third kappa shape index (κ3) is 4.34. The number of aromatic nitrogens is 2. The van der Waals surface area contributed by atoms with Crippen molar-refractivity contribution in [2.45, 2.75) is 24.9 Å². The maximum Gasteiger partial charge on any atom is 0.326 e. The molecule has 174 valence electrons. The minimum absolute atomic E-state index is 0.0740. The molecule has 1 aromatic heterocycles. The molecule has 1 fully saturated rings. The summed E-state index contributed by atoms with van der Waals surface area (Å²) in [6.07, 6.45) is 1.58. The van der Waals surface area contributed by atoms with Crippen LogP contribution in [0.1, 0.15) is 30.5 Å². The summed E-state index contributed by atoms with van der Waals surface area (Å²) in [7, 11) is 1.61. The Hall–Kier alpha value is -3.84. The summed E-state index contributed by atoms with van der Waals surface area (Å²) in [6, 6.07) is 24.7. The van der Waals surface area contributed by atoms with E-state index in [-0.39, 0.29) is 17.6 Å². The molecule has 1 aliphatic rings. The van der Waals surface area contributed by atoms with Crippen molar-refractivity contribution in [3.63, 3.8) is 0 Å². The lowest BCUT2D eigenvalue weighted by Crippen LogP contribution is -2.43. The van der Waals surface area contributed by atoms with Gasteiger partial charge in [-0.05, 0) is 42.7 Å². The first-order valence-corrected chi connectivity index (χ1v) is 11.6. The van der Waals surface area contributed by atoms with Crippen LogP contribution in [0.15, 0.2) is 83.7 Å². The third-order valence-electron chi connectivity index (χ3n) is 6.55. The Morgan fingerprint density at radius 3 is 2.50 bits per heavy atom. The number of anilines is 1. The van der Waals surface area contributed by atoms with Crippen LogP contribution in [-0.2, 0) is 4.79 Å². The van der Waals surface area contributed by atoms with Crippen LogP contribution in [0.2, 0.25) is 0 Å². The summed E-state index contributed by atoms with van der Waals surface area (Å²) in [6.45, 7) is 1.42. The molecule has 0 aliphatic carbocycles. The van der Waals surface area contributed by atoms with E-state index >= 15 is 0 Å². The van der Waals surface area contributed by atoms with E-state index in [4.69, 9.17) is 4.74 Å². The number of likely N-dealkylation sites (tertiary alicyclic amines) is 1. The molecule has 2 N–H and O–H groups in total. The van der Waals surface area contributed by atoms with Crippen LogP contribution in [0.4, 0.5) is 5.69 Å². The van der Waals surface area contributed by atoms with Crippen LogP contribution in [-0.4, -0.2) is 40.6 Å². The van der Waals surface area contributed by atoms with Gasteiger partial charge in [0.05, 0.1) is 18.1 Å². The topological polar surface area (TPSA) is 79.4 Å². The first kappa shape index (κ1) is 22.0. The zero-order valence-corrected chi connectivity index (χ0v) is 19.1. The number of imidazole rings is 1. The molecule has 1 amide bonds. The summed E-state index contributed by atoms with van der Waals surface area (Å²) in [5, 5.41) is 3.06. The number of amides is 1. The van der Waals surface area contributed by atoms with E-state index in [1.807, 2.05) is 83.4 Å². The number of hydrogen-bond donors (Lipinski definition) is 2. The second-order valence-corrected chi connectivity index (χ2v) is 8.62. The third-order valence-corrected chi connectivity index (χ3v) is 6.55. The molecule has 5 rings (SSSR count). The van der Waals surface area contributed by atoms with Crippen LogP contribution in [0.25, 0.3) is 11.0 Å². The van der Waals surface area contributed by atoms with Crippen LogP contribution < -0.4 is 15.7 Å². The van der Waals surface area contributed by atoms with Gasteiger partial charge in [0, 0.05) is 30.9 Å². The lowest BCUT2D eigenvalue weighted by Gasteiger charge is -2.37. The van der Waals surface area contributed by atoms with Gasteiger partial charge in [-0.3, -0.25) is 14.3 Å². The van der Waals surface area contributed by atoms with Crippen LogP contribution >= 0.6 is 0 Å². The van der Waals surface area contributed by atoms with Gasteiger partial charge < -0.3 is 15.0 Å². The molecule has 7 nitrogen and oxygen atoms in total. The Kier molecular flexibility index (Phi) is 6.18. The predicted octanol–water partition coefficient (Wildman–Crippen LogP) is 4.36. The van der Waals surface area contributed by atoms with E-state index in [1.54, 1.807) is 7.11 Å². The number of piperidine rings is 1. The number of hydrogen-bond acceptors (Lipinski definition) is 4. The fourth-order valence-corrected chi connectivity index (χ4v) is 4.91. The Balaban J connectivity index is 1.37. The summed E-state index contributed by atoms with van der Waals surface area (Å²) in [5.41, 5.74) is 3.36. The number of carbonyl (C=O) groups excluding carboxylic acids is 1. The van der Waals surface area contributed by atoms with Crippen LogP contribution in [0.5, 0.6) is 5.75 Å². The molecule has 0 unspecified atom stereocenters. The van der Waals surface area contributed by atoms with E-state index in [2.05, 4.69) is 15.2 Å². The highest BCUT2D eigenvalue weighted by molar-refractivity contribution is 5.95. The zero-order chi connectivity index (χ0) is 23.5. The number of nitrogens with one attached hydrogen (secondary N) is 2. The van der Waals surface area contributed by atoms with Crippen LogP contribution in [0.3, 0.4) is 0 Å². The Bertz CT molecular complexity index is 1340. The largest absolute Gasteiger partial charge is 0.497 e. The first-order chi connectivity index (χ1) is 16.6. The number of nitrogens with zero attached hydrogens (tertiary/aromatic N) is 2. The van der Waals surface area contributed by atoms with E-state index in [9.17, 15) is 9.59 Å². The van der Waals surface area contributed by atoms with Crippen molar-refractivity contribution in [1.82, 2.24) is 14.5 Å². The highest BCUT2D eigenvalue weighted by Gasteiger charge is 2.32. The molecule has 0 saturated carbocycles. The van der Waals surface area contributed by atoms with Crippen molar-refractivity contribution in [2.24, 2.45) is 0 Å². The zero-order valence-electron chi connectivity index (χ0n) is 19.1. The van der Waals surface area contributed by atoms with Gasteiger partial charge in [0.1, 0.15) is 11.8 Å². The molecule has 4 aromatic rings. The highest BCUT2D eigenvalue weighted by atomic mass is 16.5. The summed E-state index contributed by atoms with van der Waals surface area (Å²) in [4.78, 5) is 31.3. The SMILES string of the molecule is COc1cccc(NC(=O)[C@H](c2ccccc2)N2CCC(n3c(=O)[nH]c4ccccc43)CC2)c1. The highest BCUT2D eigenvalue weighted by Crippen LogP contribution is 2.31. The predicted molar refractivity (Wildman–Crippen MR) is 133 cm³/mol. The number of H-pyrrole nitrogens is 1. The molecule has 1 saturated heterocycles. The van der Waals surface area contributed by atoms with Gasteiger partial charge in [0.25, 0.3) is 0 Å². The van der Waals surface area contributed by atoms with Crippen LogP contribution in [0, 0.1) is 0 Å². The monoisotopic (exact) mass is 456 g/mol. The van der Waals surface area contributed by atoms with Crippen molar-refractivity contribution in [2.75, 3.05) is 25.5 Å². The fourth-order valence-electron chi connectivity index (χ4n) is 4.91. The second kappa shape index (κ2) is 9.57. The van der Waals surface area contributed by atoms with Gasteiger partial charge in [-0.25, -0.2) is 4.79 Å². The molecule has 0 radical (unpaired) electrons. The normalized spacial score (nSPS) is 15.8. The number of fused-ring (bicyclic) bond motifs is 1. The number of methoxy groups -OCH3 is 1. The minimum atomic E-state index is -0.423. The molecule has 1 atom stereocenters. The molecule has 3 aromatic carbocycles. The standard InChI is InChI=1S/C27H28N4O3/c1-34-22-11-7-10-20(18-22)28-26(32)25(19-8-3-2-4-9-19)30-16-14-21(15-17-30)31-24-13-6-5-12-23(24)29-27(31)33/h2-13,18,21,25H,14-17H2,1H3,(H,28,32)(H,29,33)/t25-/m0/s1. The summed E-state index contributed by atoms with van der Waals surface area (Å²) < 4.78 is 7.17. The van der Waals surface area contributed by atoms with Gasteiger partial charge in [-0.15, -0.1) is 0 Å². The first-order valence-electron chi connectivity index (χ1n) is 11.6. The van der Waals surface area contributed by atoms with Crippen molar-refractivity contribution >= 4 is 22.6 Å². The fraction of sp³-hybridized carbons (Fsp3) is 0.259. The average Bonchev–Trinajstić information content (AvgIpc) is 3.21. The number of ether oxygens (including phenoxy) is 1. The Morgan fingerprint density at radius 1 is 1.00 bits per heavy atom. The van der Waals surface area contributed by atoms with Crippen molar-refractivity contribution in [3.8, 4) is 5.75 Å². The number of para-hydroxylation sites is 2.